The maximum atomic E-state index is 4.99. The van der Waals surface area contributed by atoms with Gasteiger partial charge < -0.3 is 10.2 Å². The quantitative estimate of drug-likeness (QED) is 0.872. The molecular weight excluding hydrogens is 286 g/mol. The number of hydrogen-bond donors (Lipinski definition) is 1. The second-order valence-electron chi connectivity index (χ2n) is 6.20. The van der Waals surface area contributed by atoms with Crippen LogP contribution in [0, 0.1) is 5.92 Å². The molecule has 112 valence electrons. The van der Waals surface area contributed by atoms with Gasteiger partial charge in [0.1, 0.15) is 0 Å². The van der Waals surface area contributed by atoms with Gasteiger partial charge in [0.15, 0.2) is 5.13 Å². The van der Waals surface area contributed by atoms with Crippen LogP contribution in [0.25, 0.3) is 0 Å². The zero-order valence-corrected chi connectivity index (χ0v) is 14.2. The Morgan fingerprint density at radius 3 is 2.70 bits per heavy atom. The Kier molecular flexibility index (Phi) is 4.89. The molecular formula is C15H25N3S2. The Morgan fingerprint density at radius 2 is 2.05 bits per heavy atom. The highest BCUT2D eigenvalue weighted by Gasteiger charge is 2.30. The predicted octanol–water partition coefficient (Wildman–Crippen LogP) is 3.32. The standard InChI is InChI=1S/C15H25N3S2/c1-11(2)9-16-10-13-14(12-3-4-12)17-15(20-13)18-5-7-19-8-6-18/h11-12,16H,3-10H2,1-2H3. The lowest BCUT2D eigenvalue weighted by Crippen LogP contribution is -2.32. The van der Waals surface area contributed by atoms with Gasteiger partial charge in [-0.1, -0.05) is 13.8 Å². The Morgan fingerprint density at radius 1 is 1.30 bits per heavy atom. The molecule has 5 heteroatoms. The molecule has 1 N–H and O–H groups in total. The molecule has 2 heterocycles. The van der Waals surface area contributed by atoms with E-state index in [0.717, 1.165) is 19.0 Å². The maximum absolute atomic E-state index is 4.99. The van der Waals surface area contributed by atoms with Crippen LogP contribution in [0.5, 0.6) is 0 Å². The van der Waals surface area contributed by atoms with E-state index < -0.39 is 0 Å². The number of thioether (sulfide) groups is 1. The molecule has 3 nitrogen and oxygen atoms in total. The van der Waals surface area contributed by atoms with Gasteiger partial charge >= 0.3 is 0 Å². The van der Waals surface area contributed by atoms with Crippen molar-refractivity contribution < 1.29 is 0 Å². The topological polar surface area (TPSA) is 28.2 Å². The highest BCUT2D eigenvalue weighted by Crippen LogP contribution is 2.44. The molecule has 3 rings (SSSR count). The van der Waals surface area contributed by atoms with Gasteiger partial charge in [-0.3, -0.25) is 0 Å². The first kappa shape index (κ1) is 14.7. The number of rotatable bonds is 6. The van der Waals surface area contributed by atoms with Gasteiger partial charge in [-0.05, 0) is 25.3 Å². The maximum Gasteiger partial charge on any atom is 0.185 e. The molecule has 0 radical (unpaired) electrons. The lowest BCUT2D eigenvalue weighted by atomic mass is 10.2. The number of nitrogens with zero attached hydrogens (tertiary/aromatic N) is 2. The molecule has 2 fully saturated rings. The van der Waals surface area contributed by atoms with Crippen molar-refractivity contribution in [3.8, 4) is 0 Å². The summed E-state index contributed by atoms with van der Waals surface area (Å²) in [6.07, 6.45) is 2.69. The molecule has 0 amide bonds. The second kappa shape index (κ2) is 6.67. The summed E-state index contributed by atoms with van der Waals surface area (Å²) in [7, 11) is 0. The molecule has 0 spiro atoms. The second-order valence-corrected chi connectivity index (χ2v) is 8.49. The number of thiazole rings is 1. The first-order valence-corrected chi connectivity index (χ1v) is 9.74. The van der Waals surface area contributed by atoms with Crippen molar-refractivity contribution in [2.45, 2.75) is 39.2 Å². The van der Waals surface area contributed by atoms with Crippen molar-refractivity contribution in [2.24, 2.45) is 5.92 Å². The fraction of sp³-hybridized carbons (Fsp3) is 0.800. The number of aromatic nitrogens is 1. The minimum absolute atomic E-state index is 0.714. The summed E-state index contributed by atoms with van der Waals surface area (Å²) < 4.78 is 0. The fourth-order valence-corrected chi connectivity index (χ4v) is 4.59. The van der Waals surface area contributed by atoms with Crippen LogP contribution in [-0.2, 0) is 6.54 Å². The SMILES string of the molecule is CC(C)CNCc1sc(N2CCSCC2)nc1C1CC1. The third-order valence-corrected chi connectivity index (χ3v) is 5.87. The molecule has 0 atom stereocenters. The van der Waals surface area contributed by atoms with E-state index in [1.54, 1.807) is 0 Å². The van der Waals surface area contributed by atoms with Crippen molar-refractivity contribution in [1.82, 2.24) is 10.3 Å². The zero-order chi connectivity index (χ0) is 13.9. The van der Waals surface area contributed by atoms with Crippen molar-refractivity contribution in [1.29, 1.82) is 0 Å². The van der Waals surface area contributed by atoms with Crippen LogP contribution in [0.1, 0.15) is 43.2 Å². The van der Waals surface area contributed by atoms with Gasteiger partial charge in [0.2, 0.25) is 0 Å². The first-order chi connectivity index (χ1) is 9.74. The summed E-state index contributed by atoms with van der Waals surface area (Å²) in [6, 6.07) is 0. The number of anilines is 1. The first-order valence-electron chi connectivity index (χ1n) is 7.77. The van der Waals surface area contributed by atoms with E-state index in [0.29, 0.717) is 5.92 Å². The average molecular weight is 312 g/mol. The highest BCUT2D eigenvalue weighted by molar-refractivity contribution is 7.99. The third kappa shape index (κ3) is 3.68. The van der Waals surface area contributed by atoms with Crippen LogP contribution in [0.15, 0.2) is 0 Å². The van der Waals surface area contributed by atoms with E-state index >= 15 is 0 Å². The summed E-state index contributed by atoms with van der Waals surface area (Å²) >= 11 is 3.99. The van der Waals surface area contributed by atoms with Gasteiger partial charge in [-0.2, -0.15) is 11.8 Å². The smallest absolute Gasteiger partial charge is 0.185 e. The Bertz CT molecular complexity index is 434. The lowest BCUT2D eigenvalue weighted by molar-refractivity contribution is 0.553. The number of nitrogens with one attached hydrogen (secondary N) is 1. The van der Waals surface area contributed by atoms with E-state index in [9.17, 15) is 0 Å². The molecule has 1 aromatic rings. The fourth-order valence-electron chi connectivity index (χ4n) is 2.52. The van der Waals surface area contributed by atoms with Gasteiger partial charge in [0.05, 0.1) is 5.69 Å². The van der Waals surface area contributed by atoms with Crippen molar-refractivity contribution in [2.75, 3.05) is 36.0 Å². The van der Waals surface area contributed by atoms with Gasteiger partial charge in [-0.25, -0.2) is 4.98 Å². The zero-order valence-electron chi connectivity index (χ0n) is 12.5. The monoisotopic (exact) mass is 311 g/mol. The minimum atomic E-state index is 0.714. The predicted molar refractivity (Wildman–Crippen MR) is 90.2 cm³/mol. The Hall–Kier alpha value is -0.260. The van der Waals surface area contributed by atoms with Crippen molar-refractivity contribution >= 4 is 28.2 Å². The summed E-state index contributed by atoms with van der Waals surface area (Å²) in [5.41, 5.74) is 1.40. The highest BCUT2D eigenvalue weighted by atomic mass is 32.2. The Labute approximate surface area is 130 Å². The summed E-state index contributed by atoms with van der Waals surface area (Å²) in [6.45, 7) is 8.96. The van der Waals surface area contributed by atoms with E-state index in [1.807, 2.05) is 11.3 Å². The van der Waals surface area contributed by atoms with E-state index in [4.69, 9.17) is 4.98 Å². The molecule has 1 saturated carbocycles. The van der Waals surface area contributed by atoms with Gasteiger partial charge in [0.25, 0.3) is 0 Å². The van der Waals surface area contributed by atoms with E-state index in [-0.39, 0.29) is 0 Å². The van der Waals surface area contributed by atoms with Crippen LogP contribution in [0.3, 0.4) is 0 Å². The molecule has 20 heavy (non-hydrogen) atoms. The molecule has 0 unspecified atom stereocenters. The average Bonchev–Trinajstić information content (AvgIpc) is 3.20. The van der Waals surface area contributed by atoms with Crippen LogP contribution < -0.4 is 10.2 Å². The van der Waals surface area contributed by atoms with Crippen LogP contribution in [-0.4, -0.2) is 36.1 Å². The van der Waals surface area contributed by atoms with Gasteiger partial charge in [-0.15, -0.1) is 11.3 Å². The molecule has 1 aliphatic heterocycles. The molecule has 0 bridgehead atoms. The normalized spacial score (nSPS) is 19.9. The van der Waals surface area contributed by atoms with Crippen LogP contribution in [0.4, 0.5) is 5.13 Å². The van der Waals surface area contributed by atoms with E-state index in [1.165, 1.54) is 53.1 Å². The molecule has 0 aromatic carbocycles. The largest absolute Gasteiger partial charge is 0.346 e. The molecule has 1 aliphatic carbocycles. The summed E-state index contributed by atoms with van der Waals surface area (Å²) in [5, 5.41) is 4.86. The van der Waals surface area contributed by atoms with E-state index in [2.05, 4.69) is 35.8 Å². The lowest BCUT2D eigenvalue weighted by Gasteiger charge is -2.25. The summed E-state index contributed by atoms with van der Waals surface area (Å²) in [4.78, 5) is 8.96. The Balaban J connectivity index is 1.68. The summed E-state index contributed by atoms with van der Waals surface area (Å²) in [5.74, 6) is 3.97. The minimum Gasteiger partial charge on any atom is -0.346 e. The van der Waals surface area contributed by atoms with Gasteiger partial charge in [0, 0.05) is 41.9 Å². The third-order valence-electron chi connectivity index (χ3n) is 3.80. The molecule has 1 saturated heterocycles. The number of hydrogen-bond acceptors (Lipinski definition) is 5. The molecule has 1 aromatic heterocycles. The molecule has 2 aliphatic rings. The van der Waals surface area contributed by atoms with Crippen LogP contribution >= 0.6 is 23.1 Å². The van der Waals surface area contributed by atoms with Crippen molar-refractivity contribution in [3.63, 3.8) is 0 Å². The van der Waals surface area contributed by atoms with Crippen LogP contribution in [0.2, 0.25) is 0 Å². The van der Waals surface area contributed by atoms with Crippen molar-refractivity contribution in [3.05, 3.63) is 10.6 Å².